The smallest absolute Gasteiger partial charge is 0.322 e. The van der Waals surface area contributed by atoms with Gasteiger partial charge in [-0.3, -0.25) is 15.1 Å². The van der Waals surface area contributed by atoms with Gasteiger partial charge in [-0.05, 0) is 48.6 Å². The van der Waals surface area contributed by atoms with Crippen LogP contribution in [0.5, 0.6) is 0 Å². The van der Waals surface area contributed by atoms with Crippen LogP contribution in [-0.4, -0.2) is 26.8 Å². The fourth-order valence-corrected chi connectivity index (χ4v) is 2.87. The largest absolute Gasteiger partial charge is 0.403 e. The molecule has 0 unspecified atom stereocenters. The van der Waals surface area contributed by atoms with E-state index in [0.717, 1.165) is 10.6 Å². The van der Waals surface area contributed by atoms with E-state index in [4.69, 9.17) is 4.42 Å². The van der Waals surface area contributed by atoms with Gasteiger partial charge in [0.1, 0.15) is 5.82 Å². The number of amides is 1. The van der Waals surface area contributed by atoms with Gasteiger partial charge in [0.05, 0.1) is 5.56 Å². The molecule has 0 spiro atoms. The summed E-state index contributed by atoms with van der Waals surface area (Å²) in [6.07, 6.45) is 4.26. The van der Waals surface area contributed by atoms with Gasteiger partial charge in [-0.1, -0.05) is 5.10 Å². The Morgan fingerprint density at radius 1 is 1.20 bits per heavy atom. The summed E-state index contributed by atoms with van der Waals surface area (Å²) in [6, 6.07) is 9.90. The molecule has 0 aliphatic rings. The average molecular weight is 358 g/mol. The first-order chi connectivity index (χ1) is 12.2. The number of thioether (sulfide) groups is 1. The Kier molecular flexibility index (Phi) is 5.73. The zero-order valence-corrected chi connectivity index (χ0v) is 14.0. The molecule has 0 bridgehead atoms. The van der Waals surface area contributed by atoms with Crippen LogP contribution in [0, 0.1) is 5.82 Å². The van der Waals surface area contributed by atoms with Crippen LogP contribution in [0.1, 0.15) is 12.8 Å². The number of nitrogens with zero attached hydrogens (tertiary/aromatic N) is 3. The number of anilines is 1. The number of carbonyl (C=O) groups excluding carboxylic acids is 1. The first-order valence-electron chi connectivity index (χ1n) is 7.63. The maximum atomic E-state index is 12.8. The number of hydrogen-bond donors (Lipinski definition) is 1. The number of carbonyl (C=O) groups is 1. The highest BCUT2D eigenvalue weighted by atomic mass is 32.2. The van der Waals surface area contributed by atoms with Crippen LogP contribution in [-0.2, 0) is 4.79 Å². The van der Waals surface area contributed by atoms with Crippen molar-refractivity contribution in [2.75, 3.05) is 11.1 Å². The van der Waals surface area contributed by atoms with Crippen LogP contribution >= 0.6 is 11.8 Å². The molecule has 6 nitrogen and oxygen atoms in total. The number of hydrogen-bond acceptors (Lipinski definition) is 6. The highest BCUT2D eigenvalue weighted by Gasteiger charge is 2.11. The molecule has 0 fully saturated rings. The summed E-state index contributed by atoms with van der Waals surface area (Å²) in [5.41, 5.74) is 0.686. The van der Waals surface area contributed by atoms with Gasteiger partial charge in [-0.15, -0.1) is 16.9 Å². The summed E-state index contributed by atoms with van der Waals surface area (Å²) in [4.78, 5) is 16.8. The molecule has 3 aromatic rings. The lowest BCUT2D eigenvalue weighted by atomic mass is 10.3. The summed E-state index contributed by atoms with van der Waals surface area (Å²) in [5.74, 6) is 0.606. The minimum absolute atomic E-state index is 0.0649. The predicted octanol–water partition coefficient (Wildman–Crippen LogP) is 3.78. The summed E-state index contributed by atoms with van der Waals surface area (Å²) >= 11 is 1.57. The Bertz CT molecular complexity index is 824. The van der Waals surface area contributed by atoms with E-state index >= 15 is 0 Å². The third kappa shape index (κ3) is 5.12. The minimum Gasteiger partial charge on any atom is -0.403 e. The van der Waals surface area contributed by atoms with E-state index in [9.17, 15) is 9.18 Å². The number of benzene rings is 1. The Balaban J connectivity index is 1.42. The first kappa shape index (κ1) is 17.1. The van der Waals surface area contributed by atoms with Gasteiger partial charge in [0.2, 0.25) is 5.91 Å². The van der Waals surface area contributed by atoms with Crippen molar-refractivity contribution in [3.8, 4) is 11.5 Å². The third-order valence-electron chi connectivity index (χ3n) is 3.21. The van der Waals surface area contributed by atoms with Crippen LogP contribution in [0.2, 0.25) is 0 Å². The molecule has 1 aromatic carbocycles. The second kappa shape index (κ2) is 8.39. The van der Waals surface area contributed by atoms with Gasteiger partial charge >= 0.3 is 6.01 Å². The maximum absolute atomic E-state index is 12.8. The molecule has 0 saturated heterocycles. The molecular weight excluding hydrogens is 343 g/mol. The number of halogens is 1. The highest BCUT2D eigenvalue weighted by molar-refractivity contribution is 7.99. The molecule has 1 amide bonds. The van der Waals surface area contributed by atoms with Crippen LogP contribution in [0.15, 0.2) is 58.1 Å². The molecule has 25 heavy (non-hydrogen) atoms. The summed E-state index contributed by atoms with van der Waals surface area (Å²) in [6.45, 7) is 0. The number of pyridine rings is 1. The fraction of sp³-hybridized carbons (Fsp3) is 0.176. The number of aromatic nitrogens is 3. The van der Waals surface area contributed by atoms with Crippen LogP contribution in [0.3, 0.4) is 0 Å². The van der Waals surface area contributed by atoms with E-state index in [0.29, 0.717) is 24.3 Å². The lowest BCUT2D eigenvalue weighted by molar-refractivity contribution is -0.116. The summed E-state index contributed by atoms with van der Waals surface area (Å²) in [5, 5.41) is 10.3. The van der Waals surface area contributed by atoms with E-state index in [2.05, 4.69) is 20.5 Å². The van der Waals surface area contributed by atoms with Gasteiger partial charge in [0.15, 0.2) is 0 Å². The van der Waals surface area contributed by atoms with E-state index in [1.807, 2.05) is 0 Å². The molecular formula is C17H15FN4O2S. The van der Waals surface area contributed by atoms with Crippen LogP contribution < -0.4 is 5.32 Å². The number of rotatable bonds is 7. The number of nitrogens with one attached hydrogen (secondary N) is 1. The average Bonchev–Trinajstić information content (AvgIpc) is 3.09. The summed E-state index contributed by atoms with van der Waals surface area (Å²) in [7, 11) is 0. The predicted molar refractivity (Wildman–Crippen MR) is 92.5 cm³/mol. The van der Waals surface area contributed by atoms with Crippen molar-refractivity contribution < 1.29 is 13.6 Å². The topological polar surface area (TPSA) is 80.9 Å². The van der Waals surface area contributed by atoms with Crippen molar-refractivity contribution in [1.82, 2.24) is 15.2 Å². The van der Waals surface area contributed by atoms with Crippen molar-refractivity contribution in [1.29, 1.82) is 0 Å². The SMILES string of the molecule is O=C(CCCSc1ccc(F)cc1)Nc1nnc(-c2cccnc2)o1. The molecule has 0 atom stereocenters. The normalized spacial score (nSPS) is 10.6. The molecule has 0 aliphatic carbocycles. The maximum Gasteiger partial charge on any atom is 0.322 e. The van der Waals surface area contributed by atoms with Crippen molar-refractivity contribution in [3.63, 3.8) is 0 Å². The van der Waals surface area contributed by atoms with Crippen molar-refractivity contribution in [2.24, 2.45) is 0 Å². The Labute approximate surface area is 147 Å². The zero-order chi connectivity index (χ0) is 17.5. The van der Waals surface area contributed by atoms with E-state index in [1.54, 1.807) is 48.4 Å². The van der Waals surface area contributed by atoms with Gasteiger partial charge < -0.3 is 4.42 Å². The van der Waals surface area contributed by atoms with E-state index in [-0.39, 0.29) is 17.7 Å². The van der Waals surface area contributed by atoms with Gasteiger partial charge in [-0.25, -0.2) is 4.39 Å². The lowest BCUT2D eigenvalue weighted by Crippen LogP contribution is -2.11. The lowest BCUT2D eigenvalue weighted by Gasteiger charge is -2.02. The Hall–Kier alpha value is -2.74. The molecule has 0 radical (unpaired) electrons. The fourth-order valence-electron chi connectivity index (χ4n) is 2.01. The quantitative estimate of drug-likeness (QED) is 0.511. The first-order valence-corrected chi connectivity index (χ1v) is 8.61. The standard InChI is InChI=1S/C17H15FN4O2S/c18-13-5-7-14(8-6-13)25-10-2-4-15(23)20-17-22-21-16(24-17)12-3-1-9-19-11-12/h1,3,5-9,11H,2,4,10H2,(H,20,22,23). The molecule has 8 heteroatoms. The molecule has 0 aliphatic heterocycles. The zero-order valence-electron chi connectivity index (χ0n) is 13.2. The molecule has 0 saturated carbocycles. The van der Waals surface area contributed by atoms with Gasteiger partial charge in [-0.2, -0.15) is 0 Å². The highest BCUT2D eigenvalue weighted by Crippen LogP contribution is 2.20. The molecule has 2 aromatic heterocycles. The molecule has 2 heterocycles. The minimum atomic E-state index is -0.256. The van der Waals surface area contributed by atoms with E-state index in [1.165, 1.54) is 12.1 Å². The second-order valence-corrected chi connectivity index (χ2v) is 6.28. The molecule has 128 valence electrons. The molecule has 1 N–H and O–H groups in total. The van der Waals surface area contributed by atoms with Crippen LogP contribution in [0.25, 0.3) is 11.5 Å². The van der Waals surface area contributed by atoms with Crippen molar-refractivity contribution >= 4 is 23.7 Å². The van der Waals surface area contributed by atoms with Crippen molar-refractivity contribution in [2.45, 2.75) is 17.7 Å². The monoisotopic (exact) mass is 358 g/mol. The Morgan fingerprint density at radius 3 is 2.80 bits per heavy atom. The third-order valence-corrected chi connectivity index (χ3v) is 4.31. The summed E-state index contributed by atoms with van der Waals surface area (Å²) < 4.78 is 18.2. The second-order valence-electron chi connectivity index (χ2n) is 5.11. The Morgan fingerprint density at radius 2 is 2.04 bits per heavy atom. The van der Waals surface area contributed by atoms with E-state index < -0.39 is 0 Å². The molecule has 3 rings (SSSR count). The van der Waals surface area contributed by atoms with Crippen LogP contribution in [0.4, 0.5) is 10.4 Å². The van der Waals surface area contributed by atoms with Gasteiger partial charge in [0, 0.05) is 23.7 Å². The van der Waals surface area contributed by atoms with Gasteiger partial charge in [0.25, 0.3) is 5.89 Å². The van der Waals surface area contributed by atoms with Crippen molar-refractivity contribution in [3.05, 3.63) is 54.6 Å².